The Labute approximate surface area is 115 Å². The van der Waals surface area contributed by atoms with Crippen molar-refractivity contribution in [3.8, 4) is 5.82 Å². The van der Waals surface area contributed by atoms with Crippen molar-refractivity contribution in [2.75, 3.05) is 0 Å². The minimum absolute atomic E-state index is 0. The van der Waals surface area contributed by atoms with Gasteiger partial charge in [-0.3, -0.25) is 4.68 Å². The number of aromatic nitrogens is 3. The molecular formula is C11H12N3Y-. The summed E-state index contributed by atoms with van der Waals surface area (Å²) in [6.07, 6.45) is 5.45. The molecule has 2 aromatic rings. The van der Waals surface area contributed by atoms with Crippen LogP contribution in [0.4, 0.5) is 0 Å². The van der Waals surface area contributed by atoms with Crippen molar-refractivity contribution in [3.05, 3.63) is 42.4 Å². The van der Waals surface area contributed by atoms with Crippen LogP contribution in [0.25, 0.3) is 5.82 Å². The first kappa shape index (κ1) is 12.5. The molecule has 0 bridgehead atoms. The van der Waals surface area contributed by atoms with Gasteiger partial charge in [0.2, 0.25) is 0 Å². The molecule has 0 N–H and O–H groups in total. The van der Waals surface area contributed by atoms with Gasteiger partial charge in [-0.1, -0.05) is 20.0 Å². The van der Waals surface area contributed by atoms with Crippen molar-refractivity contribution in [1.82, 2.24) is 14.8 Å². The van der Waals surface area contributed by atoms with Crippen molar-refractivity contribution in [3.63, 3.8) is 0 Å². The second-order valence-corrected chi connectivity index (χ2v) is 3.47. The fraction of sp³-hybridized carbons (Fsp3) is 0.273. The average Bonchev–Trinajstić information content (AvgIpc) is 2.71. The molecular weight excluding hydrogens is 263 g/mol. The average molecular weight is 275 g/mol. The van der Waals surface area contributed by atoms with E-state index in [1.54, 1.807) is 10.9 Å². The second kappa shape index (κ2) is 5.52. The Kier molecular flexibility index (Phi) is 4.61. The largest absolute Gasteiger partial charge is 0.366 e. The number of pyridine rings is 1. The Hall–Kier alpha value is -0.536. The zero-order valence-electron chi connectivity index (χ0n) is 8.88. The van der Waals surface area contributed by atoms with Gasteiger partial charge < -0.3 is 4.98 Å². The molecule has 0 aromatic carbocycles. The van der Waals surface area contributed by atoms with Crippen LogP contribution < -0.4 is 0 Å². The molecule has 15 heavy (non-hydrogen) atoms. The fourth-order valence-corrected chi connectivity index (χ4v) is 1.20. The van der Waals surface area contributed by atoms with Gasteiger partial charge in [-0.2, -0.15) is 11.2 Å². The molecule has 2 aromatic heterocycles. The van der Waals surface area contributed by atoms with Crippen LogP contribution in [0.15, 0.2) is 30.7 Å². The van der Waals surface area contributed by atoms with E-state index in [4.69, 9.17) is 0 Å². The summed E-state index contributed by atoms with van der Waals surface area (Å²) in [4.78, 5) is 4.31. The van der Waals surface area contributed by atoms with Gasteiger partial charge in [0, 0.05) is 50.9 Å². The Morgan fingerprint density at radius 1 is 1.40 bits per heavy atom. The molecule has 0 saturated carbocycles. The molecule has 1 radical (unpaired) electrons. The van der Waals surface area contributed by atoms with E-state index in [2.05, 4.69) is 30.0 Å². The smallest absolute Gasteiger partial charge is 0.0482 e. The molecule has 75 valence electrons. The van der Waals surface area contributed by atoms with E-state index in [1.807, 2.05) is 24.5 Å². The van der Waals surface area contributed by atoms with Crippen molar-refractivity contribution in [2.45, 2.75) is 19.8 Å². The molecule has 0 aliphatic heterocycles. The molecule has 0 amide bonds. The normalized spacial score (nSPS) is 10.1. The first-order chi connectivity index (χ1) is 6.77. The van der Waals surface area contributed by atoms with E-state index in [0.29, 0.717) is 5.92 Å². The monoisotopic (exact) mass is 275 g/mol. The van der Waals surface area contributed by atoms with Gasteiger partial charge in [-0.25, -0.2) is 0 Å². The summed E-state index contributed by atoms with van der Waals surface area (Å²) in [6, 6.07) is 6.94. The number of hydrogen-bond acceptors (Lipinski definition) is 2. The Bertz CT molecular complexity index is 392. The topological polar surface area (TPSA) is 30.7 Å². The maximum absolute atomic E-state index is 4.31. The number of hydrogen-bond donors (Lipinski definition) is 0. The minimum Gasteiger partial charge on any atom is -0.366 e. The summed E-state index contributed by atoms with van der Waals surface area (Å²) >= 11 is 0. The van der Waals surface area contributed by atoms with Crippen LogP contribution in [0.5, 0.6) is 0 Å². The molecule has 0 unspecified atom stereocenters. The van der Waals surface area contributed by atoms with Gasteiger partial charge in [-0.05, 0) is 12.0 Å². The van der Waals surface area contributed by atoms with Crippen LogP contribution in [0.3, 0.4) is 0 Å². The standard InChI is InChI=1S/C11H12N3.Y/c1-9(2)10-4-5-11(12-8-10)14-7-3-6-13-14;/h3,5-9H,1-2H3;/q-1;. The third-order valence-electron chi connectivity index (χ3n) is 2.06. The molecule has 2 rings (SSSR count). The number of nitrogens with zero attached hydrogens (tertiary/aromatic N) is 3. The maximum atomic E-state index is 4.31. The minimum atomic E-state index is 0. The second-order valence-electron chi connectivity index (χ2n) is 3.47. The molecule has 0 saturated heterocycles. The van der Waals surface area contributed by atoms with Crippen molar-refractivity contribution in [1.29, 1.82) is 0 Å². The van der Waals surface area contributed by atoms with Crippen LogP contribution >= 0.6 is 0 Å². The molecule has 0 aliphatic rings. The molecule has 0 fully saturated rings. The summed E-state index contributed by atoms with van der Waals surface area (Å²) in [6.45, 7) is 4.25. The summed E-state index contributed by atoms with van der Waals surface area (Å²) in [5, 5.41) is 4.10. The Morgan fingerprint density at radius 3 is 2.67 bits per heavy atom. The Balaban J connectivity index is 0.00000112. The Morgan fingerprint density at radius 2 is 2.20 bits per heavy atom. The summed E-state index contributed by atoms with van der Waals surface area (Å²) < 4.78 is 1.72. The predicted octanol–water partition coefficient (Wildman–Crippen LogP) is 2.19. The molecule has 0 spiro atoms. The zero-order valence-corrected chi connectivity index (χ0v) is 11.7. The van der Waals surface area contributed by atoms with E-state index in [9.17, 15) is 0 Å². The van der Waals surface area contributed by atoms with E-state index < -0.39 is 0 Å². The van der Waals surface area contributed by atoms with Crippen LogP contribution in [-0.2, 0) is 32.7 Å². The fourth-order valence-electron chi connectivity index (χ4n) is 1.20. The van der Waals surface area contributed by atoms with Gasteiger partial charge >= 0.3 is 0 Å². The first-order valence-electron chi connectivity index (χ1n) is 4.65. The van der Waals surface area contributed by atoms with Gasteiger partial charge in [-0.15, -0.1) is 11.6 Å². The van der Waals surface area contributed by atoms with Crippen LogP contribution in [-0.4, -0.2) is 14.8 Å². The molecule has 2 heterocycles. The molecule has 4 heteroatoms. The summed E-state index contributed by atoms with van der Waals surface area (Å²) in [5.41, 5.74) is 1.13. The number of rotatable bonds is 2. The van der Waals surface area contributed by atoms with E-state index >= 15 is 0 Å². The first-order valence-corrected chi connectivity index (χ1v) is 4.65. The van der Waals surface area contributed by atoms with Crippen molar-refractivity contribution in [2.24, 2.45) is 0 Å². The van der Waals surface area contributed by atoms with E-state index in [1.165, 1.54) is 0 Å². The molecule has 3 nitrogen and oxygen atoms in total. The quantitative estimate of drug-likeness (QED) is 0.786. The van der Waals surface area contributed by atoms with E-state index in [0.717, 1.165) is 11.4 Å². The van der Waals surface area contributed by atoms with Crippen LogP contribution in [0.2, 0.25) is 0 Å². The van der Waals surface area contributed by atoms with Crippen LogP contribution in [0.1, 0.15) is 25.3 Å². The third kappa shape index (κ3) is 2.96. The summed E-state index contributed by atoms with van der Waals surface area (Å²) in [5.74, 6) is 1.27. The van der Waals surface area contributed by atoms with Gasteiger partial charge in [0.1, 0.15) is 0 Å². The summed E-state index contributed by atoms with van der Waals surface area (Å²) in [7, 11) is 0. The zero-order chi connectivity index (χ0) is 9.97. The van der Waals surface area contributed by atoms with E-state index in [-0.39, 0.29) is 32.7 Å². The van der Waals surface area contributed by atoms with Crippen molar-refractivity contribution < 1.29 is 32.7 Å². The third-order valence-corrected chi connectivity index (χ3v) is 2.06. The van der Waals surface area contributed by atoms with Crippen LogP contribution in [0, 0.1) is 6.07 Å². The molecule has 0 atom stereocenters. The van der Waals surface area contributed by atoms with Gasteiger partial charge in [0.05, 0.1) is 0 Å². The maximum Gasteiger partial charge on any atom is 0.0482 e. The predicted molar refractivity (Wildman–Crippen MR) is 54.3 cm³/mol. The van der Waals surface area contributed by atoms with Crippen molar-refractivity contribution >= 4 is 0 Å². The SMILES string of the molecule is CC(C)c1[c-]cc(-n2cccn2)nc1.[Y]. The van der Waals surface area contributed by atoms with Gasteiger partial charge in [0.15, 0.2) is 0 Å². The molecule has 0 aliphatic carbocycles. The van der Waals surface area contributed by atoms with Gasteiger partial charge in [0.25, 0.3) is 0 Å².